The Morgan fingerprint density at radius 2 is 0.488 bits per heavy atom. The monoisotopic (exact) mass is 1130 g/mol. The van der Waals surface area contributed by atoms with Crippen molar-refractivity contribution in [2.45, 2.75) is 290 Å². The first kappa shape index (κ1) is 77.3. The second-order valence-electron chi connectivity index (χ2n) is 21.8. The van der Waals surface area contributed by atoms with Crippen LogP contribution in [0.2, 0.25) is 0 Å². The first-order valence-electron chi connectivity index (χ1n) is 33.7. The van der Waals surface area contributed by atoms with E-state index >= 15 is 0 Å². The van der Waals surface area contributed by atoms with Crippen molar-refractivity contribution in [1.82, 2.24) is 0 Å². The van der Waals surface area contributed by atoms with E-state index in [1.54, 1.807) is 0 Å². The van der Waals surface area contributed by atoms with Gasteiger partial charge in [0.2, 0.25) is 0 Å². The molecule has 1 unspecified atom stereocenters. The zero-order chi connectivity index (χ0) is 59.1. The molecule has 0 rings (SSSR count). The van der Waals surface area contributed by atoms with E-state index in [4.69, 9.17) is 9.47 Å². The maximum Gasteiger partial charge on any atom is 0.306 e. The molecule has 82 heavy (non-hydrogen) atoms. The average Bonchev–Trinajstić information content (AvgIpc) is 3.49. The van der Waals surface area contributed by atoms with Gasteiger partial charge in [-0.05, 0) is 128 Å². The Morgan fingerprint density at radius 3 is 0.732 bits per heavy atom. The van der Waals surface area contributed by atoms with Crippen LogP contribution >= 0.6 is 0 Å². The number of aliphatic hydroxyl groups is 1. The van der Waals surface area contributed by atoms with E-state index < -0.39 is 6.10 Å². The topological polar surface area (TPSA) is 72.8 Å². The molecule has 0 heterocycles. The molecule has 0 saturated heterocycles. The minimum Gasteiger partial charge on any atom is -0.462 e. The van der Waals surface area contributed by atoms with Crippen LogP contribution in [0.3, 0.4) is 0 Å². The number of hydrogen-bond donors (Lipinski definition) is 1. The quantitative estimate of drug-likeness (QED) is 0.0373. The highest BCUT2D eigenvalue weighted by molar-refractivity contribution is 5.70. The van der Waals surface area contributed by atoms with Crippen molar-refractivity contribution in [3.63, 3.8) is 0 Å². The third-order valence-electron chi connectivity index (χ3n) is 14.0. The van der Waals surface area contributed by atoms with E-state index in [9.17, 15) is 14.7 Å². The number of rotatable bonds is 60. The Labute approximate surface area is 506 Å². The normalized spacial score (nSPS) is 13.4. The van der Waals surface area contributed by atoms with Gasteiger partial charge < -0.3 is 14.6 Å². The van der Waals surface area contributed by atoms with Crippen molar-refractivity contribution >= 4 is 11.9 Å². The Balaban J connectivity index is 3.55. The molecule has 0 spiro atoms. The van der Waals surface area contributed by atoms with Gasteiger partial charge in [0.1, 0.15) is 6.61 Å². The lowest BCUT2D eigenvalue weighted by atomic mass is 10.0. The minimum atomic E-state index is -0.788. The molecule has 0 radical (unpaired) electrons. The van der Waals surface area contributed by atoms with Crippen LogP contribution in [0.4, 0.5) is 0 Å². The summed E-state index contributed by atoms with van der Waals surface area (Å²) in [6, 6.07) is 0. The zero-order valence-electron chi connectivity index (χ0n) is 52.9. The number of esters is 2. The number of carbonyl (C=O) groups excluding carboxylic acids is 2. The third kappa shape index (κ3) is 67.8. The summed E-state index contributed by atoms with van der Waals surface area (Å²) in [6.07, 6.45) is 109. The highest BCUT2D eigenvalue weighted by atomic mass is 16.6. The smallest absolute Gasteiger partial charge is 0.306 e. The molecule has 0 aromatic rings. The Kier molecular flexibility index (Phi) is 66.4. The fourth-order valence-corrected chi connectivity index (χ4v) is 9.05. The first-order chi connectivity index (χ1) is 40.6. The van der Waals surface area contributed by atoms with E-state index in [1.807, 2.05) is 0 Å². The predicted octanol–water partition coefficient (Wildman–Crippen LogP) is 23.6. The molecule has 0 bridgehead atoms. The summed E-state index contributed by atoms with van der Waals surface area (Å²) in [5.41, 5.74) is 0. The van der Waals surface area contributed by atoms with Gasteiger partial charge in [-0.25, -0.2) is 0 Å². The van der Waals surface area contributed by atoms with Crippen LogP contribution in [0, 0.1) is 0 Å². The molecule has 0 aliphatic rings. The van der Waals surface area contributed by atoms with Gasteiger partial charge in [0.15, 0.2) is 6.10 Å². The fraction of sp³-hybridized carbons (Fsp3) is 0.610. The van der Waals surface area contributed by atoms with Gasteiger partial charge in [0.25, 0.3) is 0 Å². The molecule has 1 atom stereocenters. The van der Waals surface area contributed by atoms with Crippen LogP contribution in [-0.4, -0.2) is 36.4 Å². The summed E-state index contributed by atoms with van der Waals surface area (Å²) in [4.78, 5) is 24.7. The van der Waals surface area contributed by atoms with E-state index in [0.717, 1.165) is 128 Å². The molecule has 0 aromatic carbocycles. The molecule has 0 aliphatic carbocycles. The Bertz CT molecular complexity index is 1810. The number of unbranched alkanes of at least 4 members (excludes halogenated alkanes) is 24. The largest absolute Gasteiger partial charge is 0.462 e. The number of hydrogen-bond acceptors (Lipinski definition) is 5. The molecule has 5 heteroatoms. The zero-order valence-corrected chi connectivity index (χ0v) is 52.9. The number of carbonyl (C=O) groups is 2. The molecule has 0 aliphatic heterocycles. The highest BCUT2D eigenvalue weighted by Gasteiger charge is 2.16. The molecule has 462 valence electrons. The molecular weight excluding hydrogens is 1000 g/mol. The van der Waals surface area contributed by atoms with Crippen LogP contribution in [0.25, 0.3) is 0 Å². The van der Waals surface area contributed by atoms with Crippen molar-refractivity contribution < 1.29 is 24.2 Å². The van der Waals surface area contributed by atoms with Gasteiger partial charge in [0, 0.05) is 12.8 Å². The number of allylic oxidation sites excluding steroid dienone is 28. The maximum atomic E-state index is 12.4. The van der Waals surface area contributed by atoms with Crippen LogP contribution in [0.1, 0.15) is 284 Å². The third-order valence-corrected chi connectivity index (χ3v) is 14.0. The molecule has 0 saturated carbocycles. The first-order valence-corrected chi connectivity index (χ1v) is 33.7. The van der Waals surface area contributed by atoms with Crippen molar-refractivity contribution in [3.8, 4) is 0 Å². The number of aliphatic hydroxyl groups excluding tert-OH is 1. The lowest BCUT2D eigenvalue weighted by Crippen LogP contribution is -2.28. The second kappa shape index (κ2) is 70.5. The Morgan fingerprint density at radius 1 is 0.280 bits per heavy atom. The summed E-state index contributed by atoms with van der Waals surface area (Å²) in [7, 11) is 0. The van der Waals surface area contributed by atoms with Crippen molar-refractivity contribution in [1.29, 1.82) is 0 Å². The van der Waals surface area contributed by atoms with E-state index in [-0.39, 0.29) is 25.2 Å². The molecule has 0 amide bonds. The maximum absolute atomic E-state index is 12.4. The SMILES string of the molecule is CC/C=C\C/C=C\C/C=C\C/C=C\C/C=C\C/C=C\C/C=C\C/C=C\CCCCCCCCCCCCC(=O)OC(CO)COC(=O)CCCCCCCCCCCCCCCC/C=C\C/C=C\C/C=C\C/C=C\C/C=C\C/C=C\CC. The van der Waals surface area contributed by atoms with Crippen LogP contribution in [-0.2, 0) is 19.1 Å². The standard InChI is InChI=1S/C77H124O5/c1-3-5-7-9-11-13-15-17-19-21-23-25-27-29-31-33-35-37-38-40-42-44-46-48-50-52-54-56-58-60-62-64-66-68-70-72-77(80)82-75(73-78)74-81-76(79)71-69-67-65-63-61-59-57-55-53-51-49-47-45-43-41-39-36-34-32-30-28-26-24-22-20-18-16-14-12-10-8-6-4-2/h5-8,11-14,17-20,23-26,29-32,35-37,39-40,42,46,48,75,78H,3-4,9-10,15-16,21-22,27-28,33-34,38,41,43-45,47,49-74H2,1-2H3/b7-5-,8-6-,13-11-,14-12-,19-17-,20-18-,25-23-,26-24-,31-29-,32-30-,37-35-,39-36-,42-40-,48-46-. The molecule has 0 fully saturated rings. The van der Waals surface area contributed by atoms with Crippen LogP contribution in [0.5, 0.6) is 0 Å². The van der Waals surface area contributed by atoms with E-state index in [1.165, 1.54) is 128 Å². The summed E-state index contributed by atoms with van der Waals surface area (Å²) in [6.45, 7) is 3.92. The molecule has 0 aromatic heterocycles. The van der Waals surface area contributed by atoms with Gasteiger partial charge in [-0.3, -0.25) is 9.59 Å². The van der Waals surface area contributed by atoms with Crippen molar-refractivity contribution in [3.05, 3.63) is 170 Å². The highest BCUT2D eigenvalue weighted by Crippen LogP contribution is 2.16. The van der Waals surface area contributed by atoms with E-state index in [2.05, 4.69) is 184 Å². The molecule has 1 N–H and O–H groups in total. The van der Waals surface area contributed by atoms with Gasteiger partial charge in [-0.1, -0.05) is 312 Å². The summed E-state index contributed by atoms with van der Waals surface area (Å²) in [5, 5.41) is 9.70. The van der Waals surface area contributed by atoms with Gasteiger partial charge in [-0.2, -0.15) is 0 Å². The fourth-order valence-electron chi connectivity index (χ4n) is 9.05. The lowest BCUT2D eigenvalue weighted by molar-refractivity contribution is -0.161. The molecule has 5 nitrogen and oxygen atoms in total. The van der Waals surface area contributed by atoms with Crippen LogP contribution in [0.15, 0.2) is 170 Å². The lowest BCUT2D eigenvalue weighted by Gasteiger charge is -2.15. The number of ether oxygens (including phenoxy) is 2. The predicted molar refractivity (Wildman–Crippen MR) is 361 cm³/mol. The average molecular weight is 1130 g/mol. The van der Waals surface area contributed by atoms with E-state index in [0.29, 0.717) is 12.8 Å². The minimum absolute atomic E-state index is 0.0761. The second-order valence-corrected chi connectivity index (χ2v) is 21.8. The van der Waals surface area contributed by atoms with Gasteiger partial charge in [0.05, 0.1) is 6.61 Å². The van der Waals surface area contributed by atoms with Crippen molar-refractivity contribution in [2.75, 3.05) is 13.2 Å². The van der Waals surface area contributed by atoms with Crippen LogP contribution < -0.4 is 0 Å². The van der Waals surface area contributed by atoms with Gasteiger partial charge in [-0.15, -0.1) is 0 Å². The summed E-state index contributed by atoms with van der Waals surface area (Å²) >= 11 is 0. The van der Waals surface area contributed by atoms with Gasteiger partial charge >= 0.3 is 11.9 Å². The summed E-state index contributed by atoms with van der Waals surface area (Å²) < 4.78 is 10.7. The molecular formula is C77H124O5. The van der Waals surface area contributed by atoms with Crippen molar-refractivity contribution in [2.24, 2.45) is 0 Å². The summed E-state index contributed by atoms with van der Waals surface area (Å²) in [5.74, 6) is -0.600. The Hall–Kier alpha value is -4.74.